The SMILES string of the molecule is CC(C)N1CCC(NC(=O)CCc2ccc(F)cc2)CC1. The van der Waals surface area contributed by atoms with E-state index in [-0.39, 0.29) is 11.7 Å². The third-order valence-electron chi connectivity index (χ3n) is 4.18. The number of amides is 1. The quantitative estimate of drug-likeness (QED) is 0.905. The van der Waals surface area contributed by atoms with Crippen molar-refractivity contribution < 1.29 is 9.18 Å². The normalized spacial score (nSPS) is 17.1. The van der Waals surface area contributed by atoms with Gasteiger partial charge in [0.2, 0.25) is 5.91 Å². The van der Waals surface area contributed by atoms with Crippen LogP contribution in [0.1, 0.15) is 38.7 Å². The van der Waals surface area contributed by atoms with Crippen LogP contribution in [-0.4, -0.2) is 36.0 Å². The fraction of sp³-hybridized carbons (Fsp3) is 0.588. The van der Waals surface area contributed by atoms with E-state index in [0.29, 0.717) is 24.9 Å². The fourth-order valence-electron chi connectivity index (χ4n) is 2.77. The Balaban J connectivity index is 1.69. The third-order valence-corrected chi connectivity index (χ3v) is 4.18. The number of benzene rings is 1. The molecule has 3 nitrogen and oxygen atoms in total. The van der Waals surface area contributed by atoms with E-state index >= 15 is 0 Å². The first-order valence-corrected chi connectivity index (χ1v) is 7.82. The second-order valence-electron chi connectivity index (χ2n) is 6.10. The molecule has 0 radical (unpaired) electrons. The number of piperidine rings is 1. The largest absolute Gasteiger partial charge is 0.353 e. The molecule has 0 unspecified atom stereocenters. The molecule has 0 aromatic heterocycles. The van der Waals surface area contributed by atoms with Gasteiger partial charge in [-0.15, -0.1) is 0 Å². The number of carbonyl (C=O) groups is 1. The van der Waals surface area contributed by atoms with Gasteiger partial charge in [-0.1, -0.05) is 12.1 Å². The van der Waals surface area contributed by atoms with Gasteiger partial charge in [-0.3, -0.25) is 4.79 Å². The minimum atomic E-state index is -0.236. The van der Waals surface area contributed by atoms with Gasteiger partial charge in [0.25, 0.3) is 0 Å². The zero-order valence-corrected chi connectivity index (χ0v) is 12.9. The number of rotatable bonds is 5. The summed E-state index contributed by atoms with van der Waals surface area (Å²) in [6, 6.07) is 7.25. The van der Waals surface area contributed by atoms with E-state index in [4.69, 9.17) is 0 Å². The molecular weight excluding hydrogens is 267 g/mol. The summed E-state index contributed by atoms with van der Waals surface area (Å²) in [5.41, 5.74) is 1.00. The summed E-state index contributed by atoms with van der Waals surface area (Å²) in [4.78, 5) is 14.4. The van der Waals surface area contributed by atoms with Crippen molar-refractivity contribution in [3.63, 3.8) is 0 Å². The summed E-state index contributed by atoms with van der Waals surface area (Å²) in [7, 11) is 0. The summed E-state index contributed by atoms with van der Waals surface area (Å²) in [5, 5.41) is 3.12. The number of nitrogens with one attached hydrogen (secondary N) is 1. The number of carbonyl (C=O) groups excluding carboxylic acids is 1. The van der Waals surface area contributed by atoms with Crippen LogP contribution in [0.3, 0.4) is 0 Å². The molecule has 1 aliphatic rings. The van der Waals surface area contributed by atoms with Crippen LogP contribution in [0.15, 0.2) is 24.3 Å². The van der Waals surface area contributed by atoms with E-state index in [9.17, 15) is 9.18 Å². The summed E-state index contributed by atoms with van der Waals surface area (Å²) in [6.45, 7) is 6.53. The molecule has 1 saturated heterocycles. The predicted octanol–water partition coefficient (Wildman–Crippen LogP) is 2.75. The van der Waals surface area contributed by atoms with Crippen LogP contribution in [0, 0.1) is 5.82 Å². The van der Waals surface area contributed by atoms with E-state index in [2.05, 4.69) is 24.1 Å². The Kier molecular flexibility index (Phi) is 5.74. The Morgan fingerprint density at radius 1 is 1.29 bits per heavy atom. The van der Waals surface area contributed by atoms with Gasteiger partial charge < -0.3 is 10.2 Å². The van der Waals surface area contributed by atoms with Gasteiger partial charge in [-0.05, 0) is 50.8 Å². The zero-order chi connectivity index (χ0) is 15.2. The van der Waals surface area contributed by atoms with Crippen LogP contribution < -0.4 is 5.32 Å². The number of halogens is 1. The Bertz CT molecular complexity index is 450. The molecule has 116 valence electrons. The summed E-state index contributed by atoms with van der Waals surface area (Å²) < 4.78 is 12.8. The second-order valence-corrected chi connectivity index (χ2v) is 6.10. The van der Waals surface area contributed by atoms with Crippen molar-refractivity contribution in [1.82, 2.24) is 10.2 Å². The maximum atomic E-state index is 12.8. The van der Waals surface area contributed by atoms with Crippen molar-refractivity contribution in [3.8, 4) is 0 Å². The molecule has 0 atom stereocenters. The predicted molar refractivity (Wildman–Crippen MR) is 82.6 cm³/mol. The van der Waals surface area contributed by atoms with Crippen LogP contribution in [-0.2, 0) is 11.2 Å². The first-order chi connectivity index (χ1) is 10.0. The Morgan fingerprint density at radius 2 is 1.90 bits per heavy atom. The Morgan fingerprint density at radius 3 is 2.48 bits per heavy atom. The van der Waals surface area contributed by atoms with Gasteiger partial charge in [0, 0.05) is 31.6 Å². The molecule has 21 heavy (non-hydrogen) atoms. The van der Waals surface area contributed by atoms with Crippen molar-refractivity contribution >= 4 is 5.91 Å². The topological polar surface area (TPSA) is 32.3 Å². The van der Waals surface area contributed by atoms with E-state index < -0.39 is 0 Å². The maximum absolute atomic E-state index is 12.8. The van der Waals surface area contributed by atoms with Gasteiger partial charge >= 0.3 is 0 Å². The van der Waals surface area contributed by atoms with E-state index in [1.807, 2.05) is 0 Å². The third kappa shape index (κ3) is 5.12. The van der Waals surface area contributed by atoms with Gasteiger partial charge in [-0.2, -0.15) is 0 Å². The summed E-state index contributed by atoms with van der Waals surface area (Å²) in [5.74, 6) is -0.137. The Hall–Kier alpha value is -1.42. The number of aryl methyl sites for hydroxylation is 1. The monoisotopic (exact) mass is 292 g/mol. The highest BCUT2D eigenvalue weighted by molar-refractivity contribution is 5.76. The fourth-order valence-corrected chi connectivity index (χ4v) is 2.77. The molecule has 0 spiro atoms. The molecule has 1 heterocycles. The average Bonchev–Trinajstić information content (AvgIpc) is 2.47. The van der Waals surface area contributed by atoms with Gasteiger partial charge in [0.15, 0.2) is 0 Å². The van der Waals surface area contributed by atoms with Crippen molar-refractivity contribution in [2.75, 3.05) is 13.1 Å². The molecule has 2 rings (SSSR count). The molecule has 0 bridgehead atoms. The van der Waals surface area contributed by atoms with Gasteiger partial charge in [-0.25, -0.2) is 4.39 Å². The minimum Gasteiger partial charge on any atom is -0.353 e. The lowest BCUT2D eigenvalue weighted by Crippen LogP contribution is -2.46. The molecule has 1 fully saturated rings. The van der Waals surface area contributed by atoms with Crippen molar-refractivity contribution in [1.29, 1.82) is 0 Å². The zero-order valence-electron chi connectivity index (χ0n) is 12.9. The van der Waals surface area contributed by atoms with Crippen molar-refractivity contribution in [3.05, 3.63) is 35.6 Å². The highest BCUT2D eigenvalue weighted by Gasteiger charge is 2.21. The molecule has 4 heteroatoms. The highest BCUT2D eigenvalue weighted by atomic mass is 19.1. The summed E-state index contributed by atoms with van der Waals surface area (Å²) >= 11 is 0. The van der Waals surface area contributed by atoms with Crippen LogP contribution in [0.4, 0.5) is 4.39 Å². The molecule has 1 aromatic rings. The van der Waals surface area contributed by atoms with Crippen LogP contribution in [0.5, 0.6) is 0 Å². The first-order valence-electron chi connectivity index (χ1n) is 7.82. The highest BCUT2D eigenvalue weighted by Crippen LogP contribution is 2.13. The Labute approximate surface area is 126 Å². The smallest absolute Gasteiger partial charge is 0.220 e. The second kappa shape index (κ2) is 7.55. The van der Waals surface area contributed by atoms with Crippen molar-refractivity contribution in [2.45, 2.75) is 51.6 Å². The first kappa shape index (κ1) is 16.0. The molecule has 1 aliphatic heterocycles. The van der Waals surface area contributed by atoms with Crippen LogP contribution in [0.25, 0.3) is 0 Å². The number of likely N-dealkylation sites (tertiary alicyclic amines) is 1. The molecule has 0 aliphatic carbocycles. The molecular formula is C17H25FN2O. The minimum absolute atomic E-state index is 0.0994. The molecule has 1 N–H and O–H groups in total. The lowest BCUT2D eigenvalue weighted by atomic mass is 10.0. The maximum Gasteiger partial charge on any atom is 0.220 e. The number of hydrogen-bond acceptors (Lipinski definition) is 2. The van der Waals surface area contributed by atoms with Gasteiger partial charge in [0.05, 0.1) is 0 Å². The van der Waals surface area contributed by atoms with Gasteiger partial charge in [0.1, 0.15) is 5.82 Å². The lowest BCUT2D eigenvalue weighted by Gasteiger charge is -2.34. The summed E-state index contributed by atoms with van der Waals surface area (Å²) in [6.07, 6.45) is 3.19. The van der Waals surface area contributed by atoms with E-state index in [0.717, 1.165) is 31.5 Å². The molecule has 1 amide bonds. The molecule has 0 saturated carbocycles. The standard InChI is InChI=1S/C17H25FN2O/c1-13(2)20-11-9-16(10-12-20)19-17(21)8-5-14-3-6-15(18)7-4-14/h3-4,6-7,13,16H,5,8-12H2,1-2H3,(H,19,21). The van der Waals surface area contributed by atoms with Crippen molar-refractivity contribution in [2.24, 2.45) is 0 Å². The number of hydrogen-bond donors (Lipinski definition) is 1. The van der Waals surface area contributed by atoms with Crippen LogP contribution in [0.2, 0.25) is 0 Å². The van der Waals surface area contributed by atoms with E-state index in [1.54, 1.807) is 12.1 Å². The lowest BCUT2D eigenvalue weighted by molar-refractivity contribution is -0.122. The average molecular weight is 292 g/mol. The van der Waals surface area contributed by atoms with Crippen LogP contribution >= 0.6 is 0 Å². The molecule has 1 aromatic carbocycles. The number of nitrogens with zero attached hydrogens (tertiary/aromatic N) is 1. The van der Waals surface area contributed by atoms with E-state index in [1.165, 1.54) is 12.1 Å².